The van der Waals surface area contributed by atoms with Crippen molar-refractivity contribution in [2.45, 2.75) is 50.0 Å². The van der Waals surface area contributed by atoms with Crippen molar-refractivity contribution in [2.24, 2.45) is 0 Å². The van der Waals surface area contributed by atoms with E-state index in [1.165, 1.54) is 12.8 Å². The monoisotopic (exact) mass is 367 g/mol. The molecule has 2 heterocycles. The van der Waals surface area contributed by atoms with Gasteiger partial charge in [0, 0.05) is 31.4 Å². The second-order valence-corrected chi connectivity index (χ2v) is 8.93. The number of benzene rings is 1. The molecule has 1 unspecified atom stereocenters. The number of piperidine rings is 1. The lowest BCUT2D eigenvalue weighted by molar-refractivity contribution is 0.262. The Balaban J connectivity index is 1.67. The Labute approximate surface area is 150 Å². The maximum atomic E-state index is 12.5. The van der Waals surface area contributed by atoms with Gasteiger partial charge in [0.1, 0.15) is 0 Å². The zero-order valence-corrected chi connectivity index (χ0v) is 15.7. The molecule has 5 nitrogen and oxygen atoms in total. The smallest absolute Gasteiger partial charge is 0.243 e. The fourth-order valence-corrected chi connectivity index (χ4v) is 5.29. The van der Waals surface area contributed by atoms with Crippen LogP contribution in [-0.2, 0) is 10.0 Å². The topological polar surface area (TPSA) is 52.7 Å². The summed E-state index contributed by atoms with van der Waals surface area (Å²) in [4.78, 5) is 2.57. The molecule has 0 saturated carbocycles. The lowest BCUT2D eigenvalue weighted by Crippen LogP contribution is -2.44. The zero-order valence-electron chi connectivity index (χ0n) is 14.1. The molecule has 2 aliphatic rings. The van der Waals surface area contributed by atoms with Crippen LogP contribution >= 0.6 is 12.2 Å². The molecule has 0 amide bonds. The number of likely N-dealkylation sites (tertiary alicyclic amines) is 1. The van der Waals surface area contributed by atoms with E-state index < -0.39 is 10.0 Å². The molecule has 0 bridgehead atoms. The van der Waals surface area contributed by atoms with Crippen molar-refractivity contribution in [3.63, 3.8) is 0 Å². The van der Waals surface area contributed by atoms with E-state index in [0.29, 0.717) is 24.0 Å². The van der Waals surface area contributed by atoms with Gasteiger partial charge in [-0.1, -0.05) is 0 Å². The Morgan fingerprint density at radius 1 is 1.08 bits per heavy atom. The minimum absolute atomic E-state index is 0.354. The molecule has 1 aromatic rings. The summed E-state index contributed by atoms with van der Waals surface area (Å²) < 4.78 is 26.6. The number of anilines is 1. The Morgan fingerprint density at radius 2 is 1.71 bits per heavy atom. The van der Waals surface area contributed by atoms with Crippen LogP contribution in [0.3, 0.4) is 0 Å². The number of rotatable bonds is 3. The second kappa shape index (κ2) is 7.37. The summed E-state index contributed by atoms with van der Waals surface area (Å²) in [5.74, 6) is 0. The van der Waals surface area contributed by atoms with E-state index in [0.717, 1.165) is 36.6 Å². The molecule has 1 N–H and O–H groups in total. The van der Waals surface area contributed by atoms with Crippen LogP contribution in [0.15, 0.2) is 29.2 Å². The van der Waals surface area contributed by atoms with E-state index in [4.69, 9.17) is 12.2 Å². The lowest BCUT2D eigenvalue weighted by atomic mass is 10.0. The largest absolute Gasteiger partial charge is 0.346 e. The molecule has 2 saturated heterocycles. The molecule has 3 rings (SSSR count). The third kappa shape index (κ3) is 3.73. The molecule has 132 valence electrons. The van der Waals surface area contributed by atoms with Crippen molar-refractivity contribution in [1.29, 1.82) is 0 Å². The van der Waals surface area contributed by atoms with Crippen LogP contribution in [0, 0.1) is 0 Å². The predicted octanol–water partition coefficient (Wildman–Crippen LogP) is 3.04. The minimum Gasteiger partial charge on any atom is -0.346 e. The fraction of sp³-hybridized carbons (Fsp3) is 0.588. The molecule has 24 heavy (non-hydrogen) atoms. The van der Waals surface area contributed by atoms with Crippen LogP contribution in [0.1, 0.15) is 39.0 Å². The Bertz CT molecular complexity index is 682. The van der Waals surface area contributed by atoms with Crippen LogP contribution in [0.25, 0.3) is 0 Å². The first kappa shape index (κ1) is 17.6. The van der Waals surface area contributed by atoms with Gasteiger partial charge in [0.25, 0.3) is 0 Å². The van der Waals surface area contributed by atoms with Gasteiger partial charge < -0.3 is 10.2 Å². The highest BCUT2D eigenvalue weighted by molar-refractivity contribution is 7.89. The number of sulfonamides is 1. The first-order valence-electron chi connectivity index (χ1n) is 8.66. The molecular weight excluding hydrogens is 342 g/mol. The SMILES string of the molecule is CC1CCCCN1C(=S)Nc1ccc(S(=O)(=O)N2CCCC2)cc1. The van der Waals surface area contributed by atoms with Crippen molar-refractivity contribution in [1.82, 2.24) is 9.21 Å². The predicted molar refractivity (Wildman–Crippen MR) is 101 cm³/mol. The Hall–Kier alpha value is -1.18. The van der Waals surface area contributed by atoms with Crippen LogP contribution in [0.5, 0.6) is 0 Å². The van der Waals surface area contributed by atoms with Crippen molar-refractivity contribution in [3.8, 4) is 0 Å². The van der Waals surface area contributed by atoms with Gasteiger partial charge in [-0.3, -0.25) is 0 Å². The van der Waals surface area contributed by atoms with Gasteiger partial charge in [-0.2, -0.15) is 4.31 Å². The summed E-state index contributed by atoms with van der Waals surface area (Å²) in [5, 5.41) is 3.96. The second-order valence-electron chi connectivity index (χ2n) is 6.60. The Kier molecular flexibility index (Phi) is 5.42. The molecule has 1 atom stereocenters. The number of thiocarbonyl (C=S) groups is 1. The first-order chi connectivity index (χ1) is 11.5. The molecule has 0 radical (unpaired) electrons. The highest BCUT2D eigenvalue weighted by Crippen LogP contribution is 2.23. The quantitative estimate of drug-likeness (QED) is 0.832. The number of nitrogens with one attached hydrogen (secondary N) is 1. The molecule has 0 spiro atoms. The van der Waals surface area contributed by atoms with E-state index in [9.17, 15) is 8.42 Å². The van der Waals surface area contributed by atoms with Crippen molar-refractivity contribution in [3.05, 3.63) is 24.3 Å². The first-order valence-corrected chi connectivity index (χ1v) is 10.5. The number of hydrogen-bond acceptors (Lipinski definition) is 3. The van der Waals surface area contributed by atoms with Gasteiger partial charge in [-0.25, -0.2) is 8.42 Å². The molecule has 1 aromatic carbocycles. The van der Waals surface area contributed by atoms with E-state index >= 15 is 0 Å². The molecular formula is C17H25N3O2S2. The third-order valence-electron chi connectivity index (χ3n) is 4.87. The number of nitrogens with zero attached hydrogens (tertiary/aromatic N) is 2. The maximum absolute atomic E-state index is 12.5. The third-order valence-corrected chi connectivity index (χ3v) is 7.12. The summed E-state index contributed by atoms with van der Waals surface area (Å²) in [5.41, 5.74) is 0.832. The summed E-state index contributed by atoms with van der Waals surface area (Å²) >= 11 is 5.52. The highest BCUT2D eigenvalue weighted by atomic mass is 32.2. The highest BCUT2D eigenvalue weighted by Gasteiger charge is 2.27. The average Bonchev–Trinajstić information content (AvgIpc) is 3.11. The summed E-state index contributed by atoms with van der Waals surface area (Å²) in [6, 6.07) is 7.37. The van der Waals surface area contributed by atoms with Crippen molar-refractivity contribution in [2.75, 3.05) is 25.0 Å². The normalized spacial score (nSPS) is 22.5. The van der Waals surface area contributed by atoms with E-state index in [2.05, 4.69) is 17.1 Å². The maximum Gasteiger partial charge on any atom is 0.243 e. The van der Waals surface area contributed by atoms with Crippen LogP contribution in [0.2, 0.25) is 0 Å². The van der Waals surface area contributed by atoms with Gasteiger partial charge in [-0.15, -0.1) is 0 Å². The van der Waals surface area contributed by atoms with Gasteiger partial charge in [0.05, 0.1) is 4.90 Å². The zero-order chi connectivity index (χ0) is 17.2. The lowest BCUT2D eigenvalue weighted by Gasteiger charge is -2.35. The fourth-order valence-electron chi connectivity index (χ4n) is 3.38. The van der Waals surface area contributed by atoms with Crippen LogP contribution in [-0.4, -0.2) is 48.4 Å². The Morgan fingerprint density at radius 3 is 2.33 bits per heavy atom. The summed E-state index contributed by atoms with van der Waals surface area (Å²) in [7, 11) is -3.35. The summed E-state index contributed by atoms with van der Waals surface area (Å²) in [6.45, 7) is 4.42. The number of hydrogen-bond donors (Lipinski definition) is 1. The van der Waals surface area contributed by atoms with E-state index in [-0.39, 0.29) is 0 Å². The van der Waals surface area contributed by atoms with Crippen molar-refractivity contribution < 1.29 is 8.42 Å². The van der Waals surface area contributed by atoms with Crippen LogP contribution < -0.4 is 5.32 Å². The molecule has 0 aliphatic carbocycles. The van der Waals surface area contributed by atoms with Crippen LogP contribution in [0.4, 0.5) is 5.69 Å². The van der Waals surface area contributed by atoms with E-state index in [1.54, 1.807) is 28.6 Å². The van der Waals surface area contributed by atoms with Gasteiger partial charge in [0.15, 0.2) is 5.11 Å². The molecule has 0 aromatic heterocycles. The van der Waals surface area contributed by atoms with Gasteiger partial charge >= 0.3 is 0 Å². The van der Waals surface area contributed by atoms with Gasteiger partial charge in [0.2, 0.25) is 10.0 Å². The molecule has 2 aliphatic heterocycles. The van der Waals surface area contributed by atoms with Crippen molar-refractivity contribution >= 4 is 33.0 Å². The van der Waals surface area contributed by atoms with E-state index in [1.807, 2.05) is 0 Å². The summed E-state index contributed by atoms with van der Waals surface area (Å²) in [6.07, 6.45) is 5.47. The molecule has 2 fully saturated rings. The molecule has 7 heteroatoms. The minimum atomic E-state index is -3.35. The van der Waals surface area contributed by atoms with Gasteiger partial charge in [-0.05, 0) is 75.5 Å². The standard InChI is InChI=1S/C17H25N3O2S2/c1-14-6-2-3-13-20(14)17(23)18-15-7-9-16(10-8-15)24(21,22)19-11-4-5-12-19/h7-10,14H,2-6,11-13H2,1H3,(H,18,23). The average molecular weight is 368 g/mol.